The van der Waals surface area contributed by atoms with Crippen LogP contribution in [-0.2, 0) is 9.53 Å². The van der Waals surface area contributed by atoms with Crippen molar-refractivity contribution < 1.29 is 9.53 Å². The largest absolute Gasteiger partial charge is 0.378 e. The molecule has 0 bridgehead atoms. The summed E-state index contributed by atoms with van der Waals surface area (Å²) < 4.78 is 5.44. The van der Waals surface area contributed by atoms with Gasteiger partial charge in [-0.15, -0.1) is 0 Å². The summed E-state index contributed by atoms with van der Waals surface area (Å²) in [4.78, 5) is 14.4. The molecule has 5 nitrogen and oxygen atoms in total. The molecule has 1 atom stereocenters. The summed E-state index contributed by atoms with van der Waals surface area (Å²) in [5, 5.41) is 6.38. The van der Waals surface area contributed by atoms with Crippen molar-refractivity contribution in [2.75, 3.05) is 32.8 Å². The molecule has 0 radical (unpaired) electrons. The van der Waals surface area contributed by atoms with Crippen LogP contribution in [0.1, 0.15) is 34.1 Å². The quantitative estimate of drug-likeness (QED) is 0.666. The van der Waals surface area contributed by atoms with Crippen LogP contribution in [0.2, 0.25) is 0 Å². The third kappa shape index (κ3) is 6.36. The highest BCUT2D eigenvalue weighted by atomic mass is 16.5. The van der Waals surface area contributed by atoms with Gasteiger partial charge in [0.15, 0.2) is 0 Å². The maximum absolute atomic E-state index is 12.1. The number of ether oxygens (including phenoxy) is 1. The average Bonchev–Trinajstić information content (AvgIpc) is 2.34. The number of nitrogens with zero attached hydrogens (tertiary/aromatic N) is 1. The van der Waals surface area contributed by atoms with Gasteiger partial charge in [0, 0.05) is 25.2 Å². The van der Waals surface area contributed by atoms with Gasteiger partial charge in [0.25, 0.3) is 0 Å². The van der Waals surface area contributed by atoms with Crippen molar-refractivity contribution in [3.8, 4) is 0 Å². The van der Waals surface area contributed by atoms with E-state index in [2.05, 4.69) is 29.4 Å². The second kappa shape index (κ2) is 8.51. The van der Waals surface area contributed by atoms with Gasteiger partial charge in [-0.1, -0.05) is 13.8 Å². The van der Waals surface area contributed by atoms with Crippen LogP contribution in [-0.4, -0.2) is 61.8 Å². The zero-order chi connectivity index (χ0) is 14.3. The second-order valence-corrected chi connectivity index (χ2v) is 5.75. The van der Waals surface area contributed by atoms with Gasteiger partial charge in [-0.2, -0.15) is 0 Å². The lowest BCUT2D eigenvalue weighted by molar-refractivity contribution is -0.133. The van der Waals surface area contributed by atoms with Crippen LogP contribution in [0.4, 0.5) is 0 Å². The highest BCUT2D eigenvalue weighted by Crippen LogP contribution is 2.08. The van der Waals surface area contributed by atoms with Gasteiger partial charge in [0.05, 0.1) is 13.2 Å². The van der Waals surface area contributed by atoms with Crippen molar-refractivity contribution in [3.05, 3.63) is 0 Å². The van der Waals surface area contributed by atoms with Crippen molar-refractivity contribution in [2.24, 2.45) is 0 Å². The van der Waals surface area contributed by atoms with Crippen LogP contribution in [0.15, 0.2) is 0 Å². The second-order valence-electron chi connectivity index (χ2n) is 5.75. The van der Waals surface area contributed by atoms with E-state index in [0.29, 0.717) is 12.6 Å². The summed E-state index contributed by atoms with van der Waals surface area (Å²) in [7, 11) is 0. The Kier molecular flexibility index (Phi) is 7.34. The molecule has 19 heavy (non-hydrogen) atoms. The number of carbonyl (C=O) groups excluding carboxylic acids is 1. The molecular weight excluding hydrogens is 242 g/mol. The zero-order valence-corrected chi connectivity index (χ0v) is 12.7. The summed E-state index contributed by atoms with van der Waals surface area (Å²) in [5.41, 5.74) is 0. The first-order chi connectivity index (χ1) is 9.00. The fraction of sp³-hybridized carbons (Fsp3) is 0.929. The highest BCUT2D eigenvalue weighted by molar-refractivity contribution is 5.82. The molecule has 1 rings (SSSR count). The number of rotatable bonds is 7. The Bertz CT molecular complexity index is 269. The maximum Gasteiger partial charge on any atom is 0.239 e. The predicted molar refractivity (Wildman–Crippen MR) is 77.2 cm³/mol. The number of hydrogen-bond acceptors (Lipinski definition) is 4. The number of amides is 1. The molecule has 1 fully saturated rings. The number of hydrogen-bond donors (Lipinski definition) is 2. The predicted octanol–water partition coefficient (Wildman–Crippen LogP) is 0.600. The van der Waals surface area contributed by atoms with Crippen LogP contribution in [0.25, 0.3) is 0 Å². The molecule has 5 heteroatoms. The summed E-state index contributed by atoms with van der Waals surface area (Å²) >= 11 is 0. The highest BCUT2D eigenvalue weighted by Gasteiger charge is 2.29. The third-order valence-corrected chi connectivity index (χ3v) is 3.15. The fourth-order valence-electron chi connectivity index (χ4n) is 2.20. The average molecular weight is 271 g/mol. The molecule has 0 aliphatic carbocycles. The normalized spacial score (nSPS) is 21.1. The van der Waals surface area contributed by atoms with E-state index in [1.54, 1.807) is 0 Å². The molecule has 0 aromatic rings. The minimum Gasteiger partial charge on any atom is -0.378 e. The van der Waals surface area contributed by atoms with E-state index in [1.165, 1.54) is 0 Å². The molecule has 1 saturated heterocycles. The number of carbonyl (C=O) groups is 1. The van der Waals surface area contributed by atoms with E-state index in [9.17, 15) is 4.79 Å². The van der Waals surface area contributed by atoms with Crippen LogP contribution in [0, 0.1) is 0 Å². The van der Waals surface area contributed by atoms with E-state index in [0.717, 1.165) is 32.7 Å². The van der Waals surface area contributed by atoms with Crippen LogP contribution < -0.4 is 10.6 Å². The lowest BCUT2D eigenvalue weighted by Crippen LogP contribution is -2.55. The molecule has 1 amide bonds. The Hall–Kier alpha value is -0.650. The summed E-state index contributed by atoms with van der Waals surface area (Å²) in [6, 6.07) is 0.568. The van der Waals surface area contributed by atoms with Gasteiger partial charge in [0.1, 0.15) is 6.04 Å². The lowest BCUT2D eigenvalue weighted by Gasteiger charge is -2.35. The van der Waals surface area contributed by atoms with Gasteiger partial charge >= 0.3 is 0 Å². The Morgan fingerprint density at radius 1 is 1.32 bits per heavy atom. The molecule has 1 heterocycles. The van der Waals surface area contributed by atoms with Gasteiger partial charge < -0.3 is 15.4 Å². The Morgan fingerprint density at radius 2 is 2.05 bits per heavy atom. The standard InChI is InChI=1S/C14H29N3O2/c1-11(2)15-6-5-7-17-8-9-19-10-13(17)14(18)16-12(3)4/h11-13,15H,5-10H2,1-4H3,(H,16,18). The van der Waals surface area contributed by atoms with E-state index in [1.807, 2.05) is 13.8 Å². The van der Waals surface area contributed by atoms with Gasteiger partial charge in [-0.3, -0.25) is 9.69 Å². The van der Waals surface area contributed by atoms with E-state index in [-0.39, 0.29) is 18.0 Å². The molecule has 112 valence electrons. The minimum atomic E-state index is -0.129. The Morgan fingerprint density at radius 3 is 2.68 bits per heavy atom. The third-order valence-electron chi connectivity index (χ3n) is 3.15. The monoisotopic (exact) mass is 271 g/mol. The van der Waals surface area contributed by atoms with Crippen LogP contribution in [0.5, 0.6) is 0 Å². The van der Waals surface area contributed by atoms with E-state index >= 15 is 0 Å². The fourth-order valence-corrected chi connectivity index (χ4v) is 2.20. The smallest absolute Gasteiger partial charge is 0.239 e. The van der Waals surface area contributed by atoms with Gasteiger partial charge in [0.2, 0.25) is 5.91 Å². The maximum atomic E-state index is 12.1. The van der Waals surface area contributed by atoms with Crippen molar-refractivity contribution in [3.63, 3.8) is 0 Å². The molecule has 0 spiro atoms. The Balaban J connectivity index is 2.37. The van der Waals surface area contributed by atoms with Crippen molar-refractivity contribution in [2.45, 2.75) is 52.2 Å². The molecule has 0 saturated carbocycles. The van der Waals surface area contributed by atoms with E-state index in [4.69, 9.17) is 4.74 Å². The van der Waals surface area contributed by atoms with Crippen molar-refractivity contribution in [1.82, 2.24) is 15.5 Å². The molecular formula is C14H29N3O2. The first kappa shape index (κ1) is 16.4. The first-order valence-electron chi connectivity index (χ1n) is 7.36. The summed E-state index contributed by atoms with van der Waals surface area (Å²) in [6.07, 6.45) is 1.06. The lowest BCUT2D eigenvalue weighted by atomic mass is 10.2. The molecule has 0 aromatic heterocycles. The van der Waals surface area contributed by atoms with Crippen molar-refractivity contribution >= 4 is 5.91 Å². The SMILES string of the molecule is CC(C)NCCCN1CCOCC1C(=O)NC(C)C. The molecule has 1 aliphatic heterocycles. The topological polar surface area (TPSA) is 53.6 Å². The van der Waals surface area contributed by atoms with Crippen LogP contribution >= 0.6 is 0 Å². The van der Waals surface area contributed by atoms with E-state index < -0.39 is 0 Å². The molecule has 1 aliphatic rings. The Labute approximate surface area is 117 Å². The zero-order valence-electron chi connectivity index (χ0n) is 12.7. The number of morpholine rings is 1. The summed E-state index contributed by atoms with van der Waals surface area (Å²) in [5.74, 6) is 0.0894. The van der Waals surface area contributed by atoms with Gasteiger partial charge in [-0.05, 0) is 26.8 Å². The minimum absolute atomic E-state index is 0.0894. The van der Waals surface area contributed by atoms with Crippen LogP contribution in [0.3, 0.4) is 0 Å². The number of nitrogens with one attached hydrogen (secondary N) is 2. The summed E-state index contributed by atoms with van der Waals surface area (Å²) in [6.45, 7) is 12.3. The van der Waals surface area contributed by atoms with Crippen molar-refractivity contribution in [1.29, 1.82) is 0 Å². The first-order valence-corrected chi connectivity index (χ1v) is 7.36. The van der Waals surface area contributed by atoms with Gasteiger partial charge in [-0.25, -0.2) is 0 Å². The molecule has 2 N–H and O–H groups in total. The molecule has 1 unspecified atom stereocenters. The molecule has 0 aromatic carbocycles.